The average molecular weight is 313 g/mol. The van der Waals surface area contributed by atoms with Gasteiger partial charge >= 0.3 is 0 Å². The maximum atomic E-state index is 12.6. The van der Waals surface area contributed by atoms with Crippen LogP contribution in [0, 0.1) is 11.3 Å². The number of piperazine rings is 1. The smallest absolute Gasteiger partial charge is 0.263 e. The second kappa shape index (κ2) is 7.01. The first-order valence-electron chi connectivity index (χ1n) is 8.37. The molecule has 0 saturated carbocycles. The lowest BCUT2D eigenvalue weighted by Gasteiger charge is -2.44. The standard InChI is InChI=1S/C18H23N3O2/c1-14(23-17-7-5-15(12-19)6-8-17)18(22)21-11-10-20-9-3-2-4-16(20)13-21/h5-8,14,16H,2-4,9-11,13H2,1H3/t14-,16-/m0/s1. The van der Waals surface area contributed by atoms with E-state index in [1.807, 2.05) is 4.90 Å². The van der Waals surface area contributed by atoms with Crippen LogP contribution in [0.15, 0.2) is 24.3 Å². The van der Waals surface area contributed by atoms with Gasteiger partial charge in [-0.2, -0.15) is 5.26 Å². The summed E-state index contributed by atoms with van der Waals surface area (Å²) < 4.78 is 5.75. The van der Waals surface area contributed by atoms with Gasteiger partial charge in [0.25, 0.3) is 5.91 Å². The Morgan fingerprint density at radius 3 is 2.78 bits per heavy atom. The van der Waals surface area contributed by atoms with Gasteiger partial charge in [-0.1, -0.05) is 6.42 Å². The van der Waals surface area contributed by atoms with Crippen LogP contribution in [-0.2, 0) is 4.79 Å². The molecule has 122 valence electrons. The summed E-state index contributed by atoms with van der Waals surface area (Å²) in [7, 11) is 0. The molecule has 1 amide bonds. The van der Waals surface area contributed by atoms with Crippen LogP contribution >= 0.6 is 0 Å². The summed E-state index contributed by atoms with van der Waals surface area (Å²) >= 11 is 0. The molecule has 5 heteroatoms. The molecule has 3 rings (SSSR count). The number of nitriles is 1. The summed E-state index contributed by atoms with van der Waals surface area (Å²) in [4.78, 5) is 17.1. The highest BCUT2D eigenvalue weighted by Crippen LogP contribution is 2.22. The molecule has 0 N–H and O–H groups in total. The fraction of sp³-hybridized carbons (Fsp3) is 0.556. The topological polar surface area (TPSA) is 56.6 Å². The molecular weight excluding hydrogens is 290 g/mol. The number of ether oxygens (including phenoxy) is 1. The Morgan fingerprint density at radius 2 is 2.04 bits per heavy atom. The molecule has 5 nitrogen and oxygen atoms in total. The van der Waals surface area contributed by atoms with Crippen LogP contribution in [0.5, 0.6) is 5.75 Å². The van der Waals surface area contributed by atoms with Crippen LogP contribution in [0.3, 0.4) is 0 Å². The third kappa shape index (κ3) is 3.65. The highest BCUT2D eigenvalue weighted by Gasteiger charge is 2.33. The lowest BCUT2D eigenvalue weighted by Crippen LogP contribution is -2.57. The highest BCUT2D eigenvalue weighted by atomic mass is 16.5. The van der Waals surface area contributed by atoms with Crippen molar-refractivity contribution in [2.24, 2.45) is 0 Å². The molecule has 0 radical (unpaired) electrons. The minimum atomic E-state index is -0.502. The second-order valence-corrected chi connectivity index (χ2v) is 6.37. The minimum absolute atomic E-state index is 0.0552. The first-order chi connectivity index (χ1) is 11.2. The van der Waals surface area contributed by atoms with E-state index in [1.165, 1.54) is 25.8 Å². The number of carbonyl (C=O) groups excluding carboxylic acids is 1. The maximum Gasteiger partial charge on any atom is 0.263 e. The van der Waals surface area contributed by atoms with E-state index in [0.29, 0.717) is 17.4 Å². The summed E-state index contributed by atoms with van der Waals surface area (Å²) in [6.45, 7) is 5.55. The fourth-order valence-corrected chi connectivity index (χ4v) is 3.48. The third-order valence-corrected chi connectivity index (χ3v) is 4.79. The molecule has 0 spiro atoms. The van der Waals surface area contributed by atoms with Crippen LogP contribution in [-0.4, -0.2) is 54.0 Å². The van der Waals surface area contributed by atoms with Gasteiger partial charge in [0.1, 0.15) is 5.75 Å². The third-order valence-electron chi connectivity index (χ3n) is 4.79. The summed E-state index contributed by atoms with van der Waals surface area (Å²) in [6.07, 6.45) is 3.23. The van der Waals surface area contributed by atoms with E-state index in [-0.39, 0.29) is 5.91 Å². The summed E-state index contributed by atoms with van der Waals surface area (Å²) in [5.74, 6) is 0.681. The van der Waals surface area contributed by atoms with Gasteiger partial charge in [0.2, 0.25) is 0 Å². The lowest BCUT2D eigenvalue weighted by molar-refractivity contribution is -0.141. The van der Waals surface area contributed by atoms with E-state index in [4.69, 9.17) is 10.00 Å². The molecule has 2 fully saturated rings. The van der Waals surface area contributed by atoms with E-state index in [9.17, 15) is 4.79 Å². The number of rotatable bonds is 3. The zero-order chi connectivity index (χ0) is 16.2. The Morgan fingerprint density at radius 1 is 1.26 bits per heavy atom. The lowest BCUT2D eigenvalue weighted by atomic mass is 9.99. The second-order valence-electron chi connectivity index (χ2n) is 6.37. The number of hydrogen-bond acceptors (Lipinski definition) is 4. The average Bonchev–Trinajstić information content (AvgIpc) is 2.61. The van der Waals surface area contributed by atoms with Crippen molar-refractivity contribution in [3.05, 3.63) is 29.8 Å². The largest absolute Gasteiger partial charge is 0.481 e. The van der Waals surface area contributed by atoms with Crippen molar-refractivity contribution < 1.29 is 9.53 Å². The van der Waals surface area contributed by atoms with Crippen molar-refractivity contribution in [3.63, 3.8) is 0 Å². The van der Waals surface area contributed by atoms with Crippen LogP contribution in [0.25, 0.3) is 0 Å². The Labute approximate surface area is 137 Å². The molecule has 0 bridgehead atoms. The number of hydrogen-bond donors (Lipinski definition) is 0. The molecule has 2 heterocycles. The first-order valence-corrected chi connectivity index (χ1v) is 8.37. The number of carbonyl (C=O) groups is 1. The molecule has 0 aliphatic carbocycles. The van der Waals surface area contributed by atoms with Gasteiger partial charge in [-0.05, 0) is 50.6 Å². The molecule has 0 unspecified atom stereocenters. The van der Waals surface area contributed by atoms with Gasteiger partial charge in [0.15, 0.2) is 6.10 Å². The highest BCUT2D eigenvalue weighted by molar-refractivity contribution is 5.81. The van der Waals surface area contributed by atoms with E-state index in [0.717, 1.165) is 19.6 Å². The summed E-state index contributed by atoms with van der Waals surface area (Å²) in [5.41, 5.74) is 0.588. The molecule has 0 aromatic heterocycles. The van der Waals surface area contributed by atoms with Crippen molar-refractivity contribution in [2.45, 2.75) is 38.3 Å². The van der Waals surface area contributed by atoms with E-state index < -0.39 is 6.10 Å². The van der Waals surface area contributed by atoms with Crippen LogP contribution in [0.4, 0.5) is 0 Å². The predicted octanol–water partition coefficient (Wildman–Crippen LogP) is 2.02. The SMILES string of the molecule is C[C@H](Oc1ccc(C#N)cc1)C(=O)N1CCN2CCCC[C@H]2C1. The molecule has 1 aromatic carbocycles. The Kier molecular flexibility index (Phi) is 4.82. The Balaban J connectivity index is 1.57. The van der Waals surface area contributed by atoms with Crippen molar-refractivity contribution >= 4 is 5.91 Å². The van der Waals surface area contributed by atoms with Crippen molar-refractivity contribution in [3.8, 4) is 11.8 Å². The van der Waals surface area contributed by atoms with Gasteiger partial charge in [0, 0.05) is 25.7 Å². The van der Waals surface area contributed by atoms with Gasteiger partial charge in [-0.15, -0.1) is 0 Å². The predicted molar refractivity (Wildman–Crippen MR) is 87.0 cm³/mol. The van der Waals surface area contributed by atoms with Crippen molar-refractivity contribution in [1.29, 1.82) is 5.26 Å². The van der Waals surface area contributed by atoms with Crippen LogP contribution in [0.2, 0.25) is 0 Å². The molecule has 23 heavy (non-hydrogen) atoms. The van der Waals surface area contributed by atoms with Gasteiger partial charge in [-0.25, -0.2) is 0 Å². The quantitative estimate of drug-likeness (QED) is 0.857. The normalized spacial score (nSPS) is 22.8. The number of piperidine rings is 1. The summed E-state index contributed by atoms with van der Waals surface area (Å²) in [6, 6.07) is 9.47. The van der Waals surface area contributed by atoms with E-state index in [2.05, 4.69) is 11.0 Å². The summed E-state index contributed by atoms with van der Waals surface area (Å²) in [5, 5.41) is 8.81. The molecular formula is C18H23N3O2. The number of amides is 1. The minimum Gasteiger partial charge on any atom is -0.481 e. The number of benzene rings is 1. The van der Waals surface area contributed by atoms with E-state index in [1.54, 1.807) is 31.2 Å². The fourth-order valence-electron chi connectivity index (χ4n) is 3.48. The first kappa shape index (κ1) is 15.8. The Bertz CT molecular complexity index is 593. The molecule has 2 saturated heterocycles. The van der Waals surface area contributed by atoms with Crippen molar-refractivity contribution in [2.75, 3.05) is 26.2 Å². The maximum absolute atomic E-state index is 12.6. The van der Waals surface area contributed by atoms with E-state index >= 15 is 0 Å². The molecule has 2 aliphatic heterocycles. The van der Waals surface area contributed by atoms with Crippen LogP contribution in [0.1, 0.15) is 31.7 Å². The van der Waals surface area contributed by atoms with Gasteiger partial charge in [-0.3, -0.25) is 9.69 Å². The van der Waals surface area contributed by atoms with Gasteiger partial charge in [0.05, 0.1) is 11.6 Å². The molecule has 2 aliphatic rings. The van der Waals surface area contributed by atoms with Crippen LogP contribution < -0.4 is 4.74 Å². The molecule has 1 aromatic rings. The molecule has 2 atom stereocenters. The van der Waals surface area contributed by atoms with Crippen molar-refractivity contribution in [1.82, 2.24) is 9.80 Å². The number of fused-ring (bicyclic) bond motifs is 1. The Hall–Kier alpha value is -2.06. The van der Waals surface area contributed by atoms with Gasteiger partial charge < -0.3 is 9.64 Å². The number of nitrogens with zero attached hydrogens (tertiary/aromatic N) is 3. The zero-order valence-electron chi connectivity index (χ0n) is 13.6. The zero-order valence-corrected chi connectivity index (χ0v) is 13.6. The monoisotopic (exact) mass is 313 g/mol.